The molecule has 1 saturated carbocycles. The molecule has 1 aromatic rings. The van der Waals surface area contributed by atoms with E-state index in [1.165, 1.54) is 19.3 Å². The third kappa shape index (κ3) is 3.40. The molecule has 0 bridgehead atoms. The van der Waals surface area contributed by atoms with E-state index in [-0.39, 0.29) is 12.0 Å². The zero-order chi connectivity index (χ0) is 13.7. The minimum absolute atomic E-state index is 0.0483. The van der Waals surface area contributed by atoms with E-state index in [4.69, 9.17) is 16.9 Å². The SMILES string of the molecule is N#Cc1ccc(Cl)cc1NCC1(CO)CCCCC1. The number of aliphatic hydroxyl groups excluding tert-OH is 1. The highest BCUT2D eigenvalue weighted by molar-refractivity contribution is 6.30. The fraction of sp³-hybridized carbons (Fsp3) is 0.533. The Morgan fingerprint density at radius 3 is 2.68 bits per heavy atom. The lowest BCUT2D eigenvalue weighted by molar-refractivity contribution is 0.0944. The second-order valence-electron chi connectivity index (χ2n) is 5.37. The summed E-state index contributed by atoms with van der Waals surface area (Å²) in [5.74, 6) is 0. The van der Waals surface area contributed by atoms with Gasteiger partial charge in [0.05, 0.1) is 17.9 Å². The second-order valence-corrected chi connectivity index (χ2v) is 5.81. The normalized spacial score (nSPS) is 17.7. The van der Waals surface area contributed by atoms with Gasteiger partial charge in [-0.25, -0.2) is 0 Å². The van der Waals surface area contributed by atoms with Crippen molar-refractivity contribution in [1.29, 1.82) is 5.26 Å². The topological polar surface area (TPSA) is 56.0 Å². The summed E-state index contributed by atoms with van der Waals surface area (Å²) in [4.78, 5) is 0. The molecular formula is C15H19ClN2O. The van der Waals surface area contributed by atoms with Crippen LogP contribution in [0.25, 0.3) is 0 Å². The Balaban J connectivity index is 2.09. The van der Waals surface area contributed by atoms with Crippen LogP contribution in [-0.4, -0.2) is 18.3 Å². The molecule has 102 valence electrons. The molecule has 3 nitrogen and oxygen atoms in total. The first-order valence-electron chi connectivity index (χ1n) is 6.73. The molecule has 1 fully saturated rings. The van der Waals surface area contributed by atoms with Crippen molar-refractivity contribution in [3.8, 4) is 6.07 Å². The fourth-order valence-corrected chi connectivity index (χ4v) is 2.91. The summed E-state index contributed by atoms with van der Waals surface area (Å²) in [6.45, 7) is 0.890. The molecule has 1 aliphatic rings. The second kappa shape index (κ2) is 6.27. The average molecular weight is 279 g/mol. The van der Waals surface area contributed by atoms with Gasteiger partial charge < -0.3 is 10.4 Å². The van der Waals surface area contributed by atoms with Gasteiger partial charge >= 0.3 is 0 Å². The molecule has 2 N–H and O–H groups in total. The van der Waals surface area contributed by atoms with Gasteiger partial charge in [-0.05, 0) is 31.0 Å². The Morgan fingerprint density at radius 2 is 2.05 bits per heavy atom. The summed E-state index contributed by atoms with van der Waals surface area (Å²) in [5, 5.41) is 22.7. The summed E-state index contributed by atoms with van der Waals surface area (Å²) in [5.41, 5.74) is 1.30. The molecule has 0 aliphatic heterocycles. The molecule has 0 aromatic heterocycles. The van der Waals surface area contributed by atoms with Crippen LogP contribution in [-0.2, 0) is 0 Å². The number of rotatable bonds is 4. The first kappa shape index (κ1) is 14.2. The largest absolute Gasteiger partial charge is 0.396 e. The van der Waals surface area contributed by atoms with Crippen molar-refractivity contribution in [3.63, 3.8) is 0 Å². The van der Waals surface area contributed by atoms with Gasteiger partial charge in [-0.3, -0.25) is 0 Å². The minimum atomic E-state index is -0.0483. The molecule has 1 aromatic carbocycles. The Morgan fingerprint density at radius 1 is 1.32 bits per heavy atom. The van der Waals surface area contributed by atoms with E-state index in [0.29, 0.717) is 17.1 Å². The molecule has 0 heterocycles. The van der Waals surface area contributed by atoms with E-state index in [2.05, 4.69) is 11.4 Å². The first-order valence-corrected chi connectivity index (χ1v) is 7.11. The van der Waals surface area contributed by atoms with Crippen molar-refractivity contribution in [1.82, 2.24) is 0 Å². The standard InChI is InChI=1S/C15H19ClN2O/c16-13-5-4-12(9-17)14(8-13)18-10-15(11-19)6-2-1-3-7-15/h4-5,8,18-19H,1-3,6-7,10-11H2. The number of anilines is 1. The predicted octanol–water partition coefficient (Wildman–Crippen LogP) is 3.57. The van der Waals surface area contributed by atoms with Gasteiger partial charge in [-0.2, -0.15) is 5.26 Å². The number of aliphatic hydroxyl groups is 1. The predicted molar refractivity (Wildman–Crippen MR) is 77.3 cm³/mol. The highest BCUT2D eigenvalue weighted by atomic mass is 35.5. The van der Waals surface area contributed by atoms with Crippen LogP contribution >= 0.6 is 11.6 Å². The van der Waals surface area contributed by atoms with Crippen LogP contribution < -0.4 is 5.32 Å². The molecule has 0 spiro atoms. The number of benzene rings is 1. The van der Waals surface area contributed by atoms with Crippen LogP contribution in [0.2, 0.25) is 5.02 Å². The Labute approximate surface area is 119 Å². The van der Waals surface area contributed by atoms with Crippen molar-refractivity contribution in [2.45, 2.75) is 32.1 Å². The van der Waals surface area contributed by atoms with Gasteiger partial charge in [-0.1, -0.05) is 30.9 Å². The maximum atomic E-state index is 9.67. The maximum Gasteiger partial charge on any atom is 0.101 e. The zero-order valence-corrected chi connectivity index (χ0v) is 11.7. The van der Waals surface area contributed by atoms with Gasteiger partial charge in [0.2, 0.25) is 0 Å². The Kier molecular flexibility index (Phi) is 4.68. The van der Waals surface area contributed by atoms with Gasteiger partial charge in [0.1, 0.15) is 6.07 Å². The molecule has 0 atom stereocenters. The number of halogens is 1. The monoisotopic (exact) mass is 278 g/mol. The lowest BCUT2D eigenvalue weighted by Crippen LogP contribution is -2.35. The van der Waals surface area contributed by atoms with Crippen molar-refractivity contribution in [2.75, 3.05) is 18.5 Å². The molecule has 0 amide bonds. The van der Waals surface area contributed by atoms with Crippen LogP contribution in [0.4, 0.5) is 5.69 Å². The number of nitriles is 1. The fourth-order valence-electron chi connectivity index (χ4n) is 2.74. The van der Waals surface area contributed by atoms with E-state index in [1.807, 2.05) is 0 Å². The number of nitrogens with one attached hydrogen (secondary N) is 1. The number of hydrogen-bond donors (Lipinski definition) is 2. The molecule has 2 rings (SSSR count). The van der Waals surface area contributed by atoms with E-state index in [1.54, 1.807) is 18.2 Å². The van der Waals surface area contributed by atoms with Crippen molar-refractivity contribution < 1.29 is 5.11 Å². The summed E-state index contributed by atoms with van der Waals surface area (Å²) in [6, 6.07) is 7.36. The maximum absolute atomic E-state index is 9.67. The van der Waals surface area contributed by atoms with Crippen LogP contribution in [0.5, 0.6) is 0 Å². The van der Waals surface area contributed by atoms with Crippen molar-refractivity contribution in [2.24, 2.45) is 5.41 Å². The third-order valence-corrected chi connectivity index (χ3v) is 4.24. The van der Waals surface area contributed by atoms with Gasteiger partial charge in [0.25, 0.3) is 0 Å². The summed E-state index contributed by atoms with van der Waals surface area (Å²) in [6.07, 6.45) is 5.67. The summed E-state index contributed by atoms with van der Waals surface area (Å²) >= 11 is 5.97. The molecule has 0 saturated heterocycles. The lowest BCUT2D eigenvalue weighted by atomic mass is 9.74. The average Bonchev–Trinajstić information content (AvgIpc) is 2.46. The smallest absolute Gasteiger partial charge is 0.101 e. The van der Waals surface area contributed by atoms with Crippen LogP contribution in [0.3, 0.4) is 0 Å². The van der Waals surface area contributed by atoms with Gasteiger partial charge in [-0.15, -0.1) is 0 Å². The minimum Gasteiger partial charge on any atom is -0.396 e. The first-order chi connectivity index (χ1) is 9.19. The van der Waals surface area contributed by atoms with Crippen LogP contribution in [0.1, 0.15) is 37.7 Å². The Hall–Kier alpha value is -1.24. The molecule has 19 heavy (non-hydrogen) atoms. The quantitative estimate of drug-likeness (QED) is 0.885. The van der Waals surface area contributed by atoms with Crippen LogP contribution in [0.15, 0.2) is 18.2 Å². The summed E-state index contributed by atoms with van der Waals surface area (Å²) < 4.78 is 0. The van der Waals surface area contributed by atoms with E-state index in [9.17, 15) is 5.11 Å². The van der Waals surface area contributed by atoms with Crippen molar-refractivity contribution >= 4 is 17.3 Å². The highest BCUT2D eigenvalue weighted by Crippen LogP contribution is 2.36. The van der Waals surface area contributed by atoms with Crippen LogP contribution in [0, 0.1) is 16.7 Å². The number of nitrogens with zero attached hydrogens (tertiary/aromatic N) is 1. The summed E-state index contributed by atoms with van der Waals surface area (Å²) in [7, 11) is 0. The van der Waals surface area contributed by atoms with Gasteiger partial charge in [0.15, 0.2) is 0 Å². The lowest BCUT2D eigenvalue weighted by Gasteiger charge is -2.36. The molecule has 0 radical (unpaired) electrons. The molecule has 4 heteroatoms. The molecule has 1 aliphatic carbocycles. The zero-order valence-electron chi connectivity index (χ0n) is 11.0. The van der Waals surface area contributed by atoms with E-state index in [0.717, 1.165) is 18.5 Å². The van der Waals surface area contributed by atoms with Crippen molar-refractivity contribution in [3.05, 3.63) is 28.8 Å². The molecule has 0 unspecified atom stereocenters. The molecular weight excluding hydrogens is 260 g/mol. The highest BCUT2D eigenvalue weighted by Gasteiger charge is 2.31. The third-order valence-electron chi connectivity index (χ3n) is 4.01. The Bertz CT molecular complexity index is 476. The van der Waals surface area contributed by atoms with Gasteiger partial charge in [0, 0.05) is 17.0 Å². The van der Waals surface area contributed by atoms with E-state index >= 15 is 0 Å². The number of hydrogen-bond acceptors (Lipinski definition) is 3. The van der Waals surface area contributed by atoms with E-state index < -0.39 is 0 Å².